The van der Waals surface area contributed by atoms with Crippen LogP contribution in [0, 0.1) is 23.5 Å². The van der Waals surface area contributed by atoms with Crippen molar-refractivity contribution in [2.24, 2.45) is 0 Å². The van der Waals surface area contributed by atoms with Crippen LogP contribution in [0.3, 0.4) is 0 Å². The number of halogens is 2. The molecule has 0 saturated carbocycles. The van der Waals surface area contributed by atoms with E-state index in [0.717, 1.165) is 25.8 Å². The van der Waals surface area contributed by atoms with Crippen LogP contribution in [0.4, 0.5) is 8.78 Å². The highest BCUT2D eigenvalue weighted by Crippen LogP contribution is 2.16. The minimum atomic E-state index is -0.468. The van der Waals surface area contributed by atoms with Crippen LogP contribution in [0.2, 0.25) is 0 Å². The van der Waals surface area contributed by atoms with E-state index < -0.39 is 11.6 Å². The fourth-order valence-electron chi connectivity index (χ4n) is 1.97. The zero-order valence-electron chi connectivity index (χ0n) is 11.6. The van der Waals surface area contributed by atoms with Gasteiger partial charge in [-0.2, -0.15) is 0 Å². The lowest BCUT2D eigenvalue weighted by Crippen LogP contribution is -2.32. The molecular formula is C16H21F2N. The molecule has 0 aliphatic rings. The standard InChI is InChI=1S/C16H21F2N/c1-3-5-6-8-13(19-11-4-2)12-14-15(17)9-7-10-16(14)18/h7,9-10,13,19H,4,6,8,11-12H2,1-2H3. The number of nitrogens with one attached hydrogen (secondary N) is 1. The van der Waals surface area contributed by atoms with E-state index >= 15 is 0 Å². The number of benzene rings is 1. The van der Waals surface area contributed by atoms with Crippen LogP contribution in [0.5, 0.6) is 0 Å². The molecule has 1 aromatic carbocycles. The summed E-state index contributed by atoms with van der Waals surface area (Å²) in [5.74, 6) is 4.90. The topological polar surface area (TPSA) is 12.0 Å². The van der Waals surface area contributed by atoms with Gasteiger partial charge < -0.3 is 5.32 Å². The summed E-state index contributed by atoms with van der Waals surface area (Å²) in [7, 11) is 0. The summed E-state index contributed by atoms with van der Waals surface area (Å²) in [6.07, 6.45) is 2.90. The molecule has 1 nitrogen and oxygen atoms in total. The Morgan fingerprint density at radius 2 is 1.95 bits per heavy atom. The largest absolute Gasteiger partial charge is 0.314 e. The molecule has 0 amide bonds. The third-order valence-corrected chi connectivity index (χ3v) is 2.99. The van der Waals surface area contributed by atoms with Gasteiger partial charge in [0.05, 0.1) is 0 Å². The van der Waals surface area contributed by atoms with Gasteiger partial charge >= 0.3 is 0 Å². The molecule has 1 N–H and O–H groups in total. The van der Waals surface area contributed by atoms with E-state index in [2.05, 4.69) is 24.1 Å². The Bertz CT molecular complexity index is 426. The van der Waals surface area contributed by atoms with Gasteiger partial charge in [0, 0.05) is 18.0 Å². The number of hydrogen-bond donors (Lipinski definition) is 1. The second-order valence-electron chi connectivity index (χ2n) is 4.52. The summed E-state index contributed by atoms with van der Waals surface area (Å²) in [5, 5.41) is 3.33. The molecule has 0 aromatic heterocycles. The van der Waals surface area contributed by atoms with Crippen LogP contribution < -0.4 is 5.32 Å². The van der Waals surface area contributed by atoms with Crippen LogP contribution in [0.15, 0.2) is 18.2 Å². The second kappa shape index (κ2) is 8.66. The third-order valence-electron chi connectivity index (χ3n) is 2.99. The summed E-state index contributed by atoms with van der Waals surface area (Å²) >= 11 is 0. The fraction of sp³-hybridized carbons (Fsp3) is 0.500. The van der Waals surface area contributed by atoms with Crippen molar-refractivity contribution in [3.63, 3.8) is 0 Å². The highest BCUT2D eigenvalue weighted by molar-refractivity contribution is 5.20. The predicted molar refractivity (Wildman–Crippen MR) is 74.8 cm³/mol. The minimum Gasteiger partial charge on any atom is -0.314 e. The molecule has 0 saturated heterocycles. The van der Waals surface area contributed by atoms with Crippen LogP contribution in [-0.2, 0) is 6.42 Å². The maximum atomic E-state index is 13.6. The van der Waals surface area contributed by atoms with E-state index in [9.17, 15) is 8.78 Å². The zero-order valence-corrected chi connectivity index (χ0v) is 11.6. The van der Waals surface area contributed by atoms with E-state index in [1.165, 1.54) is 18.2 Å². The average molecular weight is 265 g/mol. The van der Waals surface area contributed by atoms with Crippen LogP contribution in [-0.4, -0.2) is 12.6 Å². The lowest BCUT2D eigenvalue weighted by atomic mass is 10.0. The predicted octanol–water partition coefficient (Wildman–Crippen LogP) is 3.68. The van der Waals surface area contributed by atoms with Crippen molar-refractivity contribution in [1.29, 1.82) is 0 Å². The van der Waals surface area contributed by atoms with Crippen LogP contribution in [0.1, 0.15) is 38.7 Å². The summed E-state index contributed by atoms with van der Waals surface area (Å²) in [6, 6.07) is 4.07. The molecule has 0 aliphatic heterocycles. The first-order chi connectivity index (χ1) is 9.19. The maximum absolute atomic E-state index is 13.6. The molecule has 104 valence electrons. The Morgan fingerprint density at radius 1 is 1.26 bits per heavy atom. The maximum Gasteiger partial charge on any atom is 0.129 e. The first kappa shape index (κ1) is 15.7. The number of hydrogen-bond acceptors (Lipinski definition) is 1. The van der Waals surface area contributed by atoms with Crippen molar-refractivity contribution in [3.8, 4) is 11.8 Å². The average Bonchev–Trinajstić information content (AvgIpc) is 2.39. The molecule has 1 atom stereocenters. The second-order valence-corrected chi connectivity index (χ2v) is 4.52. The van der Waals surface area contributed by atoms with Crippen molar-refractivity contribution in [2.75, 3.05) is 6.54 Å². The lowest BCUT2D eigenvalue weighted by molar-refractivity contribution is 0.459. The molecule has 1 rings (SSSR count). The van der Waals surface area contributed by atoms with Crippen molar-refractivity contribution >= 4 is 0 Å². The molecule has 1 unspecified atom stereocenters. The van der Waals surface area contributed by atoms with Gasteiger partial charge in [0.1, 0.15) is 11.6 Å². The summed E-state index contributed by atoms with van der Waals surface area (Å²) in [6.45, 7) is 4.71. The zero-order chi connectivity index (χ0) is 14.1. The number of rotatable bonds is 7. The van der Waals surface area contributed by atoms with Gasteiger partial charge in [-0.05, 0) is 44.9 Å². The first-order valence-electron chi connectivity index (χ1n) is 6.74. The Balaban J connectivity index is 2.71. The molecule has 0 radical (unpaired) electrons. The smallest absolute Gasteiger partial charge is 0.129 e. The SMILES string of the molecule is CC#CCCC(Cc1c(F)cccc1F)NCCC. The molecule has 1 aromatic rings. The molecule has 0 fully saturated rings. The van der Waals surface area contributed by atoms with E-state index in [4.69, 9.17) is 0 Å². The molecule has 0 heterocycles. The fourth-order valence-corrected chi connectivity index (χ4v) is 1.97. The molecule has 0 bridgehead atoms. The van der Waals surface area contributed by atoms with Crippen molar-refractivity contribution in [2.45, 2.75) is 45.6 Å². The normalized spacial score (nSPS) is 11.8. The van der Waals surface area contributed by atoms with Gasteiger partial charge in [0.25, 0.3) is 0 Å². The van der Waals surface area contributed by atoms with Crippen molar-refractivity contribution < 1.29 is 8.78 Å². The van der Waals surface area contributed by atoms with Gasteiger partial charge in [-0.1, -0.05) is 13.0 Å². The molecule has 19 heavy (non-hydrogen) atoms. The highest BCUT2D eigenvalue weighted by atomic mass is 19.1. The monoisotopic (exact) mass is 265 g/mol. The quantitative estimate of drug-likeness (QED) is 0.742. The van der Waals surface area contributed by atoms with Crippen molar-refractivity contribution in [1.82, 2.24) is 5.32 Å². The highest BCUT2D eigenvalue weighted by Gasteiger charge is 2.14. The molecule has 0 spiro atoms. The van der Waals surface area contributed by atoms with E-state index in [1.807, 2.05) is 0 Å². The van der Waals surface area contributed by atoms with E-state index in [-0.39, 0.29) is 11.6 Å². The first-order valence-corrected chi connectivity index (χ1v) is 6.74. The van der Waals surface area contributed by atoms with E-state index in [0.29, 0.717) is 6.42 Å². The molecular weight excluding hydrogens is 244 g/mol. The molecule has 3 heteroatoms. The third kappa shape index (κ3) is 5.40. The van der Waals surface area contributed by atoms with Gasteiger partial charge in [-0.25, -0.2) is 8.78 Å². The lowest BCUT2D eigenvalue weighted by Gasteiger charge is -2.18. The minimum absolute atomic E-state index is 0.0622. The Kier molecular flexibility index (Phi) is 7.14. The Morgan fingerprint density at radius 3 is 2.53 bits per heavy atom. The van der Waals surface area contributed by atoms with E-state index in [1.54, 1.807) is 6.92 Å². The summed E-state index contributed by atoms with van der Waals surface area (Å²) in [5.41, 5.74) is 0.167. The molecule has 0 aliphatic carbocycles. The van der Waals surface area contributed by atoms with Gasteiger partial charge in [-0.15, -0.1) is 11.8 Å². The van der Waals surface area contributed by atoms with Gasteiger partial charge in [0.2, 0.25) is 0 Å². The van der Waals surface area contributed by atoms with Gasteiger partial charge in [0.15, 0.2) is 0 Å². The Labute approximate surface area is 114 Å². The Hall–Kier alpha value is -1.40. The van der Waals surface area contributed by atoms with Gasteiger partial charge in [-0.3, -0.25) is 0 Å². The summed E-state index contributed by atoms with van der Waals surface area (Å²) < 4.78 is 27.3. The van der Waals surface area contributed by atoms with Crippen LogP contribution >= 0.6 is 0 Å². The van der Waals surface area contributed by atoms with Crippen LogP contribution in [0.25, 0.3) is 0 Å². The summed E-state index contributed by atoms with van der Waals surface area (Å²) in [4.78, 5) is 0. The van der Waals surface area contributed by atoms with Crippen molar-refractivity contribution in [3.05, 3.63) is 35.4 Å².